The molecular formula is C24H37NO4. The molecule has 0 aliphatic rings. The highest BCUT2D eigenvalue weighted by Crippen LogP contribution is 2.14. The molecule has 0 heterocycles. The largest absolute Gasteiger partial charge is 0.427 e. The Morgan fingerprint density at radius 1 is 1.00 bits per heavy atom. The molecule has 0 aromatic heterocycles. The smallest absolute Gasteiger partial charge is 0.311 e. The molecule has 0 aliphatic heterocycles. The maximum Gasteiger partial charge on any atom is 0.311 e. The molecule has 0 N–H and O–H groups in total. The van der Waals surface area contributed by atoms with Gasteiger partial charge in [0.2, 0.25) is 6.04 Å². The highest BCUT2D eigenvalue weighted by molar-refractivity contribution is 5.72. The highest BCUT2D eigenvalue weighted by Gasteiger charge is 2.17. The van der Waals surface area contributed by atoms with Crippen molar-refractivity contribution in [2.75, 3.05) is 0 Å². The molecule has 0 amide bonds. The van der Waals surface area contributed by atoms with Gasteiger partial charge in [0.05, 0.1) is 0 Å². The molecule has 0 radical (unpaired) electrons. The van der Waals surface area contributed by atoms with E-state index in [4.69, 9.17) is 4.74 Å². The zero-order valence-electron chi connectivity index (χ0n) is 17.9. The van der Waals surface area contributed by atoms with Gasteiger partial charge in [0.15, 0.2) is 0 Å². The number of nitro groups is 1. The van der Waals surface area contributed by atoms with Gasteiger partial charge in [0.1, 0.15) is 5.75 Å². The van der Waals surface area contributed by atoms with Crippen molar-refractivity contribution in [3.8, 4) is 5.75 Å². The topological polar surface area (TPSA) is 69.4 Å². The molecule has 1 unspecified atom stereocenters. The zero-order chi connectivity index (χ0) is 21.2. The number of hydrogen-bond donors (Lipinski definition) is 0. The van der Waals surface area contributed by atoms with Crippen molar-refractivity contribution >= 4 is 5.97 Å². The predicted octanol–water partition coefficient (Wildman–Crippen LogP) is 6.88. The van der Waals surface area contributed by atoms with Crippen molar-refractivity contribution in [3.63, 3.8) is 0 Å². The van der Waals surface area contributed by atoms with E-state index in [0.717, 1.165) is 19.3 Å². The molecule has 0 saturated carbocycles. The first-order valence-corrected chi connectivity index (χ1v) is 11.2. The normalized spacial score (nSPS) is 12.2. The van der Waals surface area contributed by atoms with Crippen molar-refractivity contribution in [2.24, 2.45) is 0 Å². The SMILES string of the molecule is CCCCCCCC/C=C\CC(CCCCCC(=O)Oc1ccccc1)[N+](=O)[O-]. The Morgan fingerprint density at radius 3 is 2.41 bits per heavy atom. The van der Waals surface area contributed by atoms with E-state index in [2.05, 4.69) is 13.0 Å². The highest BCUT2D eigenvalue weighted by atomic mass is 16.6. The summed E-state index contributed by atoms with van der Waals surface area (Å²) in [5.41, 5.74) is 0. The molecule has 0 bridgehead atoms. The number of rotatable bonds is 17. The lowest BCUT2D eigenvalue weighted by atomic mass is 10.0. The van der Waals surface area contributed by atoms with Crippen LogP contribution in [0.1, 0.15) is 90.4 Å². The zero-order valence-corrected chi connectivity index (χ0v) is 17.9. The van der Waals surface area contributed by atoms with Gasteiger partial charge in [0, 0.05) is 24.2 Å². The van der Waals surface area contributed by atoms with E-state index < -0.39 is 6.04 Å². The summed E-state index contributed by atoms with van der Waals surface area (Å²) in [6, 6.07) is 8.49. The number of carbonyl (C=O) groups excluding carboxylic acids is 1. The van der Waals surface area contributed by atoms with Crippen LogP contribution in [0, 0.1) is 10.1 Å². The molecule has 5 heteroatoms. The summed E-state index contributed by atoms with van der Waals surface area (Å²) in [5.74, 6) is 0.304. The average Bonchev–Trinajstić information content (AvgIpc) is 2.71. The third-order valence-electron chi connectivity index (χ3n) is 4.99. The Kier molecular flexibility index (Phi) is 14.4. The van der Waals surface area contributed by atoms with Crippen LogP contribution in [-0.4, -0.2) is 16.9 Å². The Balaban J connectivity index is 2.09. The number of esters is 1. The minimum atomic E-state index is -0.521. The molecule has 162 valence electrons. The standard InChI is InChI=1S/C24H37NO4/c1-2-3-4-5-6-7-8-9-12-17-22(25(27)28)18-13-10-16-21-24(26)29-23-19-14-11-15-20-23/h9,11-12,14-15,19-20,22H,2-8,10,13,16-18,21H2,1H3/b12-9-. The predicted molar refractivity (Wildman–Crippen MR) is 118 cm³/mol. The van der Waals surface area contributed by atoms with Gasteiger partial charge < -0.3 is 4.74 Å². The van der Waals surface area contributed by atoms with E-state index in [1.807, 2.05) is 24.3 Å². The molecule has 1 atom stereocenters. The summed E-state index contributed by atoms with van der Waals surface area (Å²) in [6.07, 6.45) is 16.3. The number of nitrogens with zero attached hydrogens (tertiary/aromatic N) is 1. The van der Waals surface area contributed by atoms with Crippen LogP contribution < -0.4 is 4.74 Å². The third-order valence-corrected chi connectivity index (χ3v) is 4.99. The van der Waals surface area contributed by atoms with E-state index in [1.165, 1.54) is 38.5 Å². The van der Waals surface area contributed by atoms with Crippen LogP contribution >= 0.6 is 0 Å². The molecule has 0 aliphatic carbocycles. The van der Waals surface area contributed by atoms with Crippen LogP contribution in [0.4, 0.5) is 0 Å². The summed E-state index contributed by atoms with van der Waals surface area (Å²) in [7, 11) is 0. The lowest BCUT2D eigenvalue weighted by Gasteiger charge is -2.07. The molecule has 1 rings (SSSR count). The van der Waals surface area contributed by atoms with E-state index >= 15 is 0 Å². The van der Waals surface area contributed by atoms with Crippen molar-refractivity contribution in [2.45, 2.75) is 96.4 Å². The quantitative estimate of drug-likeness (QED) is 0.0709. The first-order chi connectivity index (χ1) is 14.1. The van der Waals surface area contributed by atoms with Crippen LogP contribution in [0.2, 0.25) is 0 Å². The number of allylic oxidation sites excluding steroid dienone is 1. The van der Waals surface area contributed by atoms with Crippen LogP contribution in [0.3, 0.4) is 0 Å². The molecular weight excluding hydrogens is 366 g/mol. The van der Waals surface area contributed by atoms with Gasteiger partial charge >= 0.3 is 5.97 Å². The van der Waals surface area contributed by atoms with Gasteiger partial charge in [-0.2, -0.15) is 0 Å². The summed E-state index contributed by atoms with van der Waals surface area (Å²) in [6.45, 7) is 2.22. The van der Waals surface area contributed by atoms with Crippen LogP contribution in [-0.2, 0) is 4.79 Å². The van der Waals surface area contributed by atoms with Crippen molar-refractivity contribution in [1.82, 2.24) is 0 Å². The summed E-state index contributed by atoms with van der Waals surface area (Å²) in [4.78, 5) is 22.9. The van der Waals surface area contributed by atoms with E-state index in [9.17, 15) is 14.9 Å². The van der Waals surface area contributed by atoms with E-state index in [0.29, 0.717) is 31.4 Å². The molecule has 1 aromatic rings. The van der Waals surface area contributed by atoms with Crippen molar-refractivity contribution < 1.29 is 14.5 Å². The minimum Gasteiger partial charge on any atom is -0.427 e. The summed E-state index contributed by atoms with van der Waals surface area (Å²) in [5, 5.41) is 11.2. The minimum absolute atomic E-state index is 0.168. The van der Waals surface area contributed by atoms with E-state index in [1.54, 1.807) is 12.1 Å². The van der Waals surface area contributed by atoms with Crippen molar-refractivity contribution in [3.05, 3.63) is 52.6 Å². The fraction of sp³-hybridized carbons (Fsp3) is 0.625. The van der Waals surface area contributed by atoms with Crippen LogP contribution in [0.15, 0.2) is 42.5 Å². The molecule has 1 aromatic carbocycles. The second kappa shape index (κ2) is 16.8. The first kappa shape index (κ1) is 24.9. The first-order valence-electron chi connectivity index (χ1n) is 11.2. The maximum absolute atomic E-state index is 11.8. The molecule has 0 saturated heterocycles. The van der Waals surface area contributed by atoms with Gasteiger partial charge in [-0.05, 0) is 37.8 Å². The maximum atomic E-state index is 11.8. The molecule has 0 fully saturated rings. The lowest BCUT2D eigenvalue weighted by Crippen LogP contribution is -2.18. The Morgan fingerprint density at radius 2 is 1.69 bits per heavy atom. The van der Waals surface area contributed by atoms with Gasteiger partial charge in [-0.25, -0.2) is 0 Å². The molecule has 0 spiro atoms. The fourth-order valence-corrected chi connectivity index (χ4v) is 3.22. The summed E-state index contributed by atoms with van der Waals surface area (Å²) >= 11 is 0. The number of para-hydroxylation sites is 1. The Labute approximate surface area is 175 Å². The van der Waals surface area contributed by atoms with Gasteiger partial charge in [-0.1, -0.05) is 75.8 Å². The molecule has 29 heavy (non-hydrogen) atoms. The Hall–Kier alpha value is -2.17. The number of carbonyl (C=O) groups is 1. The van der Waals surface area contributed by atoms with Gasteiger partial charge in [-0.3, -0.25) is 14.9 Å². The van der Waals surface area contributed by atoms with Crippen LogP contribution in [0.5, 0.6) is 5.75 Å². The van der Waals surface area contributed by atoms with Gasteiger partial charge in [-0.15, -0.1) is 0 Å². The molecule has 5 nitrogen and oxygen atoms in total. The van der Waals surface area contributed by atoms with E-state index in [-0.39, 0.29) is 10.9 Å². The number of hydrogen-bond acceptors (Lipinski definition) is 4. The third kappa shape index (κ3) is 13.6. The monoisotopic (exact) mass is 403 g/mol. The number of ether oxygens (including phenoxy) is 1. The second-order valence-electron chi connectivity index (χ2n) is 7.59. The average molecular weight is 404 g/mol. The number of benzene rings is 1. The summed E-state index contributed by atoms with van der Waals surface area (Å²) < 4.78 is 5.24. The van der Waals surface area contributed by atoms with Gasteiger partial charge in [0.25, 0.3) is 0 Å². The Bertz CT molecular complexity index is 586. The second-order valence-corrected chi connectivity index (χ2v) is 7.59. The van der Waals surface area contributed by atoms with Crippen molar-refractivity contribution in [1.29, 1.82) is 0 Å². The lowest BCUT2D eigenvalue weighted by molar-refractivity contribution is -0.522. The fourth-order valence-electron chi connectivity index (χ4n) is 3.22. The van der Waals surface area contributed by atoms with Crippen LogP contribution in [0.25, 0.3) is 0 Å². The number of unbranched alkanes of at least 4 members (excludes halogenated alkanes) is 8.